The Labute approximate surface area is 131 Å². The Hall–Kier alpha value is -2.05. The molecule has 0 aromatic carbocycles. The average molecular weight is 311 g/mol. The minimum Gasteiger partial charge on any atom is -0.444 e. The molecule has 7 heteroatoms. The number of allylic oxidation sites excluding steroid dienone is 2. The van der Waals surface area contributed by atoms with Crippen LogP contribution >= 0.6 is 0 Å². The second-order valence-electron chi connectivity index (χ2n) is 6.09. The molecule has 0 saturated heterocycles. The highest BCUT2D eigenvalue weighted by molar-refractivity contribution is 5.68. The lowest BCUT2D eigenvalue weighted by Crippen LogP contribution is -2.39. The van der Waals surface area contributed by atoms with Gasteiger partial charge < -0.3 is 15.0 Å². The van der Waals surface area contributed by atoms with Crippen molar-refractivity contribution in [2.24, 2.45) is 0 Å². The van der Waals surface area contributed by atoms with Gasteiger partial charge in [-0.05, 0) is 32.8 Å². The maximum Gasteiger partial charge on any atom is 0.410 e. The molecule has 22 heavy (non-hydrogen) atoms. The largest absolute Gasteiger partial charge is 0.444 e. The van der Waals surface area contributed by atoms with Crippen LogP contribution in [0, 0.1) is 10.1 Å². The van der Waals surface area contributed by atoms with E-state index < -0.39 is 5.60 Å². The number of hydrogen-bond donors (Lipinski definition) is 1. The predicted octanol–water partition coefficient (Wildman–Crippen LogP) is 2.67. The molecule has 0 radical (unpaired) electrons. The number of carbonyl (C=O) groups excluding carboxylic acids is 1. The molecule has 0 unspecified atom stereocenters. The Morgan fingerprint density at radius 2 is 2.14 bits per heavy atom. The maximum atomic E-state index is 12.0. The van der Waals surface area contributed by atoms with Crippen molar-refractivity contribution >= 4 is 6.09 Å². The van der Waals surface area contributed by atoms with E-state index >= 15 is 0 Å². The van der Waals surface area contributed by atoms with Gasteiger partial charge in [0.05, 0.1) is 4.92 Å². The third-order valence-corrected chi connectivity index (χ3v) is 3.28. The van der Waals surface area contributed by atoms with Crippen molar-refractivity contribution in [2.45, 2.75) is 46.1 Å². The first kappa shape index (κ1) is 18.0. The van der Waals surface area contributed by atoms with Crippen LogP contribution in [0.5, 0.6) is 0 Å². The van der Waals surface area contributed by atoms with Crippen LogP contribution in [0.25, 0.3) is 0 Å². The molecule has 1 aliphatic rings. The van der Waals surface area contributed by atoms with Gasteiger partial charge in [0.15, 0.2) is 0 Å². The van der Waals surface area contributed by atoms with Gasteiger partial charge in [0.2, 0.25) is 0 Å². The van der Waals surface area contributed by atoms with E-state index in [0.29, 0.717) is 31.6 Å². The number of amides is 1. The fourth-order valence-corrected chi connectivity index (χ4v) is 2.28. The molecule has 0 aliphatic carbocycles. The van der Waals surface area contributed by atoms with Crippen molar-refractivity contribution in [1.82, 2.24) is 10.2 Å². The van der Waals surface area contributed by atoms with Crippen LogP contribution in [-0.4, -0.2) is 41.7 Å². The third-order valence-electron chi connectivity index (χ3n) is 3.28. The zero-order valence-electron chi connectivity index (χ0n) is 13.9. The molecule has 7 nitrogen and oxygen atoms in total. The van der Waals surface area contributed by atoms with E-state index in [9.17, 15) is 14.9 Å². The highest BCUT2D eigenvalue weighted by Gasteiger charge is 2.26. The SMILES string of the molecule is CC/C(=C(\NC)C1=CCN(C(=O)OC(C)(C)C)CC1)[N+](=O)[O-]. The van der Waals surface area contributed by atoms with Crippen LogP contribution < -0.4 is 5.32 Å². The fraction of sp³-hybridized carbons (Fsp3) is 0.667. The van der Waals surface area contributed by atoms with E-state index in [4.69, 9.17) is 4.74 Å². The van der Waals surface area contributed by atoms with Crippen LogP contribution in [0.2, 0.25) is 0 Å². The molecule has 0 atom stereocenters. The molecule has 1 N–H and O–H groups in total. The third kappa shape index (κ3) is 4.75. The molecule has 0 bridgehead atoms. The first-order valence-electron chi connectivity index (χ1n) is 7.42. The Kier molecular flexibility index (Phi) is 5.96. The monoisotopic (exact) mass is 311 g/mol. The molecule has 124 valence electrons. The molecule has 0 saturated carbocycles. The van der Waals surface area contributed by atoms with E-state index in [1.54, 1.807) is 18.9 Å². The molecular weight excluding hydrogens is 286 g/mol. The topological polar surface area (TPSA) is 84.7 Å². The molecule has 1 heterocycles. The summed E-state index contributed by atoms with van der Waals surface area (Å²) in [6, 6.07) is 0. The molecule has 1 amide bonds. The number of ether oxygens (including phenoxy) is 1. The molecular formula is C15H25N3O4. The van der Waals surface area contributed by atoms with Gasteiger partial charge in [-0.2, -0.15) is 0 Å². The highest BCUT2D eigenvalue weighted by Crippen LogP contribution is 2.22. The molecule has 0 aromatic rings. The van der Waals surface area contributed by atoms with Crippen molar-refractivity contribution in [3.05, 3.63) is 33.2 Å². The van der Waals surface area contributed by atoms with E-state index in [-0.39, 0.29) is 16.7 Å². The molecule has 0 fully saturated rings. The van der Waals surface area contributed by atoms with Gasteiger partial charge in [0, 0.05) is 26.6 Å². The van der Waals surface area contributed by atoms with Crippen LogP contribution in [0.3, 0.4) is 0 Å². The van der Waals surface area contributed by atoms with E-state index in [1.165, 1.54) is 0 Å². The van der Waals surface area contributed by atoms with Crippen molar-refractivity contribution in [2.75, 3.05) is 20.1 Å². The number of nitrogens with zero attached hydrogens (tertiary/aromatic N) is 2. The zero-order valence-corrected chi connectivity index (χ0v) is 13.9. The summed E-state index contributed by atoms with van der Waals surface area (Å²) in [6.45, 7) is 8.10. The highest BCUT2D eigenvalue weighted by atomic mass is 16.6. The number of nitrogens with one attached hydrogen (secondary N) is 1. The fourth-order valence-electron chi connectivity index (χ4n) is 2.28. The maximum absolute atomic E-state index is 12.0. The summed E-state index contributed by atoms with van der Waals surface area (Å²) in [5.74, 6) is 0. The smallest absolute Gasteiger partial charge is 0.410 e. The summed E-state index contributed by atoms with van der Waals surface area (Å²) >= 11 is 0. The van der Waals surface area contributed by atoms with Crippen molar-refractivity contribution in [3.8, 4) is 0 Å². The molecule has 1 aliphatic heterocycles. The Balaban J connectivity index is 2.87. The molecule has 1 rings (SSSR count). The van der Waals surface area contributed by atoms with Gasteiger partial charge >= 0.3 is 6.09 Å². The minimum absolute atomic E-state index is 0.166. The summed E-state index contributed by atoms with van der Waals surface area (Å²) in [5, 5.41) is 14.0. The summed E-state index contributed by atoms with van der Waals surface area (Å²) in [6.07, 6.45) is 2.39. The Morgan fingerprint density at radius 1 is 1.50 bits per heavy atom. The number of rotatable bonds is 4. The van der Waals surface area contributed by atoms with Gasteiger partial charge in [-0.15, -0.1) is 0 Å². The lowest BCUT2D eigenvalue weighted by molar-refractivity contribution is -0.428. The molecule has 0 spiro atoms. The first-order chi connectivity index (χ1) is 10.2. The lowest BCUT2D eigenvalue weighted by Gasteiger charge is -2.30. The Morgan fingerprint density at radius 3 is 2.50 bits per heavy atom. The second-order valence-corrected chi connectivity index (χ2v) is 6.09. The van der Waals surface area contributed by atoms with Gasteiger partial charge in [-0.25, -0.2) is 4.79 Å². The van der Waals surface area contributed by atoms with Crippen molar-refractivity contribution < 1.29 is 14.5 Å². The van der Waals surface area contributed by atoms with Gasteiger partial charge in [0.1, 0.15) is 11.3 Å². The van der Waals surface area contributed by atoms with Crippen LogP contribution in [-0.2, 0) is 4.74 Å². The summed E-state index contributed by atoms with van der Waals surface area (Å²) in [5.41, 5.74) is 1.06. The van der Waals surface area contributed by atoms with Crippen LogP contribution in [0.4, 0.5) is 4.79 Å². The quantitative estimate of drug-likeness (QED) is 0.637. The number of hydrogen-bond acceptors (Lipinski definition) is 5. The van der Waals surface area contributed by atoms with Crippen LogP contribution in [0.15, 0.2) is 23.0 Å². The summed E-state index contributed by atoms with van der Waals surface area (Å²) in [7, 11) is 1.68. The number of likely N-dealkylation sites (N-methyl/N-ethyl adjacent to an activating group) is 1. The van der Waals surface area contributed by atoms with Crippen LogP contribution in [0.1, 0.15) is 40.5 Å². The predicted molar refractivity (Wildman–Crippen MR) is 83.9 cm³/mol. The van der Waals surface area contributed by atoms with Gasteiger partial charge in [-0.3, -0.25) is 10.1 Å². The Bertz CT molecular complexity index is 503. The molecule has 0 aromatic heterocycles. The number of carbonyl (C=O) groups is 1. The summed E-state index contributed by atoms with van der Waals surface area (Å²) in [4.78, 5) is 24.3. The second kappa shape index (κ2) is 7.29. The zero-order chi connectivity index (χ0) is 16.9. The van der Waals surface area contributed by atoms with Crippen molar-refractivity contribution in [3.63, 3.8) is 0 Å². The lowest BCUT2D eigenvalue weighted by atomic mass is 10.0. The number of nitro groups is 1. The van der Waals surface area contributed by atoms with E-state index in [1.807, 2.05) is 26.8 Å². The standard InChI is InChI=1S/C15H25N3O4/c1-6-12(18(20)21)13(16-5)11-7-9-17(10-8-11)14(19)22-15(2,3)4/h7,16H,6,8-10H2,1-5H3/b13-12+. The van der Waals surface area contributed by atoms with E-state index in [0.717, 1.165) is 5.57 Å². The van der Waals surface area contributed by atoms with Gasteiger partial charge in [0.25, 0.3) is 5.70 Å². The minimum atomic E-state index is -0.530. The van der Waals surface area contributed by atoms with E-state index in [2.05, 4.69) is 5.32 Å². The van der Waals surface area contributed by atoms with Gasteiger partial charge in [-0.1, -0.05) is 13.0 Å². The van der Waals surface area contributed by atoms with Crippen molar-refractivity contribution in [1.29, 1.82) is 0 Å². The average Bonchev–Trinajstić information content (AvgIpc) is 2.42. The first-order valence-corrected chi connectivity index (χ1v) is 7.42. The summed E-state index contributed by atoms with van der Waals surface area (Å²) < 4.78 is 5.33. The normalized spacial score (nSPS) is 16.6.